The van der Waals surface area contributed by atoms with Gasteiger partial charge in [0, 0.05) is 30.2 Å². The lowest BCUT2D eigenvalue weighted by molar-refractivity contribution is -0.311. The number of carboxylic acid groups (broad SMARTS) is 1. The Morgan fingerprint density at radius 1 is 1.35 bits per heavy atom. The minimum absolute atomic E-state index is 0.380. The number of methoxy groups -OCH3 is 2. The minimum atomic E-state index is -1.03. The summed E-state index contributed by atoms with van der Waals surface area (Å²) in [7, 11) is 3.12. The third kappa shape index (κ3) is 2.13. The van der Waals surface area contributed by atoms with Crippen molar-refractivity contribution in [3.63, 3.8) is 0 Å². The summed E-state index contributed by atoms with van der Waals surface area (Å²) >= 11 is 0. The molecule has 1 aromatic rings. The van der Waals surface area contributed by atoms with Crippen LogP contribution in [0.2, 0.25) is 0 Å². The molecule has 2 rings (SSSR count). The summed E-state index contributed by atoms with van der Waals surface area (Å²) in [6, 6.07) is 3.62. The van der Waals surface area contributed by atoms with Gasteiger partial charge in [0.25, 0.3) is 0 Å². The molecule has 17 heavy (non-hydrogen) atoms. The lowest BCUT2D eigenvalue weighted by Crippen LogP contribution is -2.39. The molecular formula is C12H14NO4-. The Labute approximate surface area is 99.3 Å². The molecule has 1 aliphatic rings. The van der Waals surface area contributed by atoms with Crippen LogP contribution in [-0.4, -0.2) is 26.7 Å². The molecule has 0 fully saturated rings. The highest BCUT2D eigenvalue weighted by Crippen LogP contribution is 2.36. The highest BCUT2D eigenvalue weighted by atomic mass is 16.5. The molecule has 92 valence electrons. The Bertz CT molecular complexity index is 444. The fourth-order valence-electron chi connectivity index (χ4n) is 1.99. The zero-order chi connectivity index (χ0) is 12.4. The monoisotopic (exact) mass is 236 g/mol. The van der Waals surface area contributed by atoms with Crippen LogP contribution in [-0.2, 0) is 11.2 Å². The molecule has 1 heterocycles. The molecule has 0 spiro atoms. The van der Waals surface area contributed by atoms with Gasteiger partial charge >= 0.3 is 0 Å². The quantitative estimate of drug-likeness (QED) is 0.802. The molecule has 0 saturated heterocycles. The van der Waals surface area contributed by atoms with E-state index in [-0.39, 0.29) is 0 Å². The average Bonchev–Trinajstić information content (AvgIpc) is 2.36. The van der Waals surface area contributed by atoms with Gasteiger partial charge in [-0.1, -0.05) is 0 Å². The van der Waals surface area contributed by atoms with Crippen molar-refractivity contribution in [1.29, 1.82) is 0 Å². The van der Waals surface area contributed by atoms with Gasteiger partial charge in [-0.3, -0.25) is 0 Å². The van der Waals surface area contributed by atoms with Gasteiger partial charge in [0.15, 0.2) is 11.5 Å². The van der Waals surface area contributed by atoms with Crippen LogP contribution in [0.4, 0.5) is 5.69 Å². The highest BCUT2D eigenvalue weighted by molar-refractivity contribution is 5.72. The second kappa shape index (κ2) is 4.53. The first-order chi connectivity index (χ1) is 8.15. The van der Waals surface area contributed by atoms with E-state index in [0.29, 0.717) is 24.5 Å². The van der Waals surface area contributed by atoms with Gasteiger partial charge in [0.05, 0.1) is 14.2 Å². The summed E-state index contributed by atoms with van der Waals surface area (Å²) in [6.07, 6.45) is 0.449. The van der Waals surface area contributed by atoms with Crippen LogP contribution in [0.25, 0.3) is 0 Å². The van der Waals surface area contributed by atoms with Crippen LogP contribution in [0.15, 0.2) is 12.1 Å². The molecule has 5 heteroatoms. The normalized spacial score (nSPS) is 17.9. The first-order valence-corrected chi connectivity index (χ1v) is 5.35. The highest BCUT2D eigenvalue weighted by Gasteiger charge is 2.21. The molecular weight excluding hydrogens is 222 g/mol. The Hall–Kier alpha value is -1.91. The van der Waals surface area contributed by atoms with Crippen molar-refractivity contribution in [2.75, 3.05) is 26.1 Å². The van der Waals surface area contributed by atoms with Gasteiger partial charge in [-0.05, 0) is 18.1 Å². The van der Waals surface area contributed by atoms with Crippen molar-refractivity contribution in [3.05, 3.63) is 17.7 Å². The summed E-state index contributed by atoms with van der Waals surface area (Å²) in [6.45, 7) is 0.380. The number of aliphatic carboxylic acids is 1. The molecule has 1 atom stereocenters. The van der Waals surface area contributed by atoms with Crippen LogP contribution in [0.1, 0.15) is 5.56 Å². The summed E-state index contributed by atoms with van der Waals surface area (Å²) in [4.78, 5) is 10.8. The molecule has 1 aromatic carbocycles. The first kappa shape index (κ1) is 11.6. The number of carbonyl (C=O) groups is 1. The number of hydrogen-bond donors (Lipinski definition) is 1. The number of fused-ring (bicyclic) bond motifs is 1. The van der Waals surface area contributed by atoms with Gasteiger partial charge < -0.3 is 24.7 Å². The van der Waals surface area contributed by atoms with Crippen LogP contribution in [0.5, 0.6) is 11.5 Å². The molecule has 5 nitrogen and oxygen atoms in total. The molecule has 1 aliphatic heterocycles. The fourth-order valence-corrected chi connectivity index (χ4v) is 1.99. The van der Waals surface area contributed by atoms with Crippen LogP contribution in [0, 0.1) is 5.92 Å². The minimum Gasteiger partial charge on any atom is -0.550 e. The molecule has 0 saturated carbocycles. The number of carbonyl (C=O) groups excluding carboxylic acids is 1. The van der Waals surface area contributed by atoms with E-state index in [1.807, 2.05) is 6.07 Å². The van der Waals surface area contributed by atoms with E-state index >= 15 is 0 Å². The standard InChI is InChI=1S/C12H15NO4/c1-16-10-4-7-3-8(12(14)15)6-13-9(7)5-11(10)17-2/h4-5,8,13H,3,6H2,1-2H3,(H,14,15)/p-1/t8-/m1/s1. The number of ether oxygens (including phenoxy) is 2. The zero-order valence-electron chi connectivity index (χ0n) is 9.78. The Kier molecular flexibility index (Phi) is 3.08. The predicted molar refractivity (Wildman–Crippen MR) is 60.2 cm³/mol. The fraction of sp³-hybridized carbons (Fsp3) is 0.417. The largest absolute Gasteiger partial charge is 0.550 e. The molecule has 1 N–H and O–H groups in total. The summed E-state index contributed by atoms with van der Waals surface area (Å²) < 4.78 is 10.4. The Morgan fingerprint density at radius 3 is 2.59 bits per heavy atom. The lowest BCUT2D eigenvalue weighted by atomic mass is 9.94. The Morgan fingerprint density at radius 2 is 2.00 bits per heavy atom. The van der Waals surface area contributed by atoms with Gasteiger partial charge in [-0.25, -0.2) is 0 Å². The van der Waals surface area contributed by atoms with E-state index in [4.69, 9.17) is 9.47 Å². The van der Waals surface area contributed by atoms with Gasteiger partial charge in [0.1, 0.15) is 0 Å². The number of hydrogen-bond acceptors (Lipinski definition) is 5. The van der Waals surface area contributed by atoms with Crippen molar-refractivity contribution in [2.24, 2.45) is 5.92 Å². The third-order valence-corrected chi connectivity index (χ3v) is 2.95. The van der Waals surface area contributed by atoms with E-state index in [2.05, 4.69) is 5.32 Å². The second-order valence-electron chi connectivity index (χ2n) is 3.97. The second-order valence-corrected chi connectivity index (χ2v) is 3.97. The maximum Gasteiger partial charge on any atom is 0.162 e. The van der Waals surface area contributed by atoms with E-state index in [0.717, 1.165) is 11.3 Å². The summed E-state index contributed by atoms with van der Waals surface area (Å²) in [5, 5.41) is 13.9. The number of nitrogens with one attached hydrogen (secondary N) is 1. The number of carboxylic acids is 1. The summed E-state index contributed by atoms with van der Waals surface area (Å²) in [5.74, 6) is -0.295. The molecule has 0 unspecified atom stereocenters. The molecule has 0 radical (unpaired) electrons. The molecule has 0 amide bonds. The molecule has 0 bridgehead atoms. The molecule has 0 aliphatic carbocycles. The number of anilines is 1. The van der Waals surface area contributed by atoms with Crippen molar-refractivity contribution in [2.45, 2.75) is 6.42 Å². The third-order valence-electron chi connectivity index (χ3n) is 2.95. The smallest absolute Gasteiger partial charge is 0.162 e. The SMILES string of the molecule is COc1cc2c(cc1OC)NC[C@H](C(=O)[O-])C2. The number of benzene rings is 1. The van der Waals surface area contributed by atoms with E-state index in [9.17, 15) is 9.90 Å². The summed E-state index contributed by atoms with van der Waals surface area (Å²) in [5.41, 5.74) is 1.79. The van der Waals surface area contributed by atoms with Crippen molar-refractivity contribution in [3.8, 4) is 11.5 Å². The lowest BCUT2D eigenvalue weighted by Gasteiger charge is -2.27. The number of rotatable bonds is 3. The van der Waals surface area contributed by atoms with Gasteiger partial charge in [0.2, 0.25) is 0 Å². The van der Waals surface area contributed by atoms with E-state index in [1.165, 1.54) is 0 Å². The molecule has 0 aromatic heterocycles. The van der Waals surface area contributed by atoms with Crippen molar-refractivity contribution < 1.29 is 19.4 Å². The van der Waals surface area contributed by atoms with E-state index < -0.39 is 11.9 Å². The maximum atomic E-state index is 10.8. The van der Waals surface area contributed by atoms with Crippen LogP contribution >= 0.6 is 0 Å². The van der Waals surface area contributed by atoms with Crippen molar-refractivity contribution in [1.82, 2.24) is 0 Å². The zero-order valence-corrected chi connectivity index (χ0v) is 9.78. The van der Waals surface area contributed by atoms with Crippen LogP contribution < -0.4 is 19.9 Å². The first-order valence-electron chi connectivity index (χ1n) is 5.35. The maximum absolute atomic E-state index is 10.8. The predicted octanol–water partition coefficient (Wildman–Crippen LogP) is 0.0379. The Balaban J connectivity index is 2.35. The van der Waals surface area contributed by atoms with Crippen LogP contribution in [0.3, 0.4) is 0 Å². The van der Waals surface area contributed by atoms with Gasteiger partial charge in [-0.2, -0.15) is 0 Å². The average molecular weight is 236 g/mol. The topological polar surface area (TPSA) is 70.6 Å². The van der Waals surface area contributed by atoms with Gasteiger partial charge in [-0.15, -0.1) is 0 Å². The van der Waals surface area contributed by atoms with E-state index in [1.54, 1.807) is 20.3 Å². The van der Waals surface area contributed by atoms with Crippen molar-refractivity contribution >= 4 is 11.7 Å².